The fourth-order valence-electron chi connectivity index (χ4n) is 2.60. The van der Waals surface area contributed by atoms with Crippen molar-refractivity contribution in [1.82, 2.24) is 0 Å². The van der Waals surface area contributed by atoms with Crippen molar-refractivity contribution in [2.24, 2.45) is 0 Å². The third-order valence-electron chi connectivity index (χ3n) is 3.71. The lowest BCUT2D eigenvalue weighted by atomic mass is 10.1. The molecule has 1 amide bonds. The number of benzene rings is 2. The van der Waals surface area contributed by atoms with Crippen LogP contribution in [0.3, 0.4) is 0 Å². The van der Waals surface area contributed by atoms with E-state index in [2.05, 4.69) is 0 Å². The minimum atomic E-state index is -0.386. The Balaban J connectivity index is 1.86. The van der Waals surface area contributed by atoms with Gasteiger partial charge in [0.05, 0.1) is 18.2 Å². The maximum Gasteiger partial charge on any atom is 0.415 e. The van der Waals surface area contributed by atoms with Gasteiger partial charge in [-0.1, -0.05) is 30.3 Å². The molecule has 1 aliphatic heterocycles. The summed E-state index contributed by atoms with van der Waals surface area (Å²) in [5, 5.41) is 0. The molecule has 1 saturated heterocycles. The lowest BCUT2D eigenvalue weighted by molar-refractivity contribution is 0.0526. The predicted molar refractivity (Wildman–Crippen MR) is 85.4 cm³/mol. The van der Waals surface area contributed by atoms with Gasteiger partial charge in [-0.05, 0) is 36.8 Å². The van der Waals surface area contributed by atoms with Gasteiger partial charge in [-0.25, -0.2) is 9.59 Å². The number of esters is 1. The number of cyclic esters (lactones) is 1. The Hall–Kier alpha value is -2.82. The van der Waals surface area contributed by atoms with Crippen molar-refractivity contribution in [3.05, 3.63) is 65.7 Å². The smallest absolute Gasteiger partial charge is 0.415 e. The first-order valence-corrected chi connectivity index (χ1v) is 7.49. The van der Waals surface area contributed by atoms with Gasteiger partial charge < -0.3 is 9.47 Å². The van der Waals surface area contributed by atoms with Gasteiger partial charge in [0.1, 0.15) is 6.61 Å². The zero-order valence-corrected chi connectivity index (χ0v) is 12.8. The summed E-state index contributed by atoms with van der Waals surface area (Å²) in [7, 11) is 0. The molecular formula is C18H17NO4. The molecule has 5 heteroatoms. The lowest BCUT2D eigenvalue weighted by Gasteiger charge is -2.21. The molecule has 1 heterocycles. The van der Waals surface area contributed by atoms with Crippen LogP contribution in [0, 0.1) is 0 Å². The van der Waals surface area contributed by atoms with Gasteiger partial charge in [0.15, 0.2) is 0 Å². The van der Waals surface area contributed by atoms with Crippen molar-refractivity contribution in [3.63, 3.8) is 0 Å². The van der Waals surface area contributed by atoms with Gasteiger partial charge in [-0.3, -0.25) is 4.90 Å². The molecule has 5 nitrogen and oxygen atoms in total. The fraction of sp³-hybridized carbons (Fsp3) is 0.222. The standard InChI is InChI=1S/C18H17NO4/c1-2-22-17(20)14-8-10-15(11-9-14)19-16(12-23-18(19)21)13-6-4-3-5-7-13/h3-11,16H,2,12H2,1H3/t16-/m0/s1. The molecule has 0 spiro atoms. The summed E-state index contributed by atoms with van der Waals surface area (Å²) in [6.07, 6.45) is -0.386. The molecule has 2 aromatic rings. The molecule has 1 fully saturated rings. The molecule has 0 N–H and O–H groups in total. The van der Waals surface area contributed by atoms with Crippen LogP contribution in [0.4, 0.5) is 10.5 Å². The Morgan fingerprint density at radius 1 is 1.17 bits per heavy atom. The number of rotatable bonds is 4. The van der Waals surface area contributed by atoms with Crippen LogP contribution in [0.1, 0.15) is 28.9 Å². The molecule has 1 atom stereocenters. The number of hydrogen-bond acceptors (Lipinski definition) is 4. The van der Waals surface area contributed by atoms with Crippen LogP contribution in [0.5, 0.6) is 0 Å². The SMILES string of the molecule is CCOC(=O)c1ccc(N2C(=O)OC[C@H]2c2ccccc2)cc1. The van der Waals surface area contributed by atoms with Crippen molar-refractivity contribution >= 4 is 17.7 Å². The molecule has 1 aliphatic rings. The van der Waals surface area contributed by atoms with Crippen LogP contribution in [0.15, 0.2) is 54.6 Å². The molecule has 2 aromatic carbocycles. The van der Waals surface area contributed by atoms with Crippen LogP contribution < -0.4 is 4.90 Å². The molecule has 0 aromatic heterocycles. The van der Waals surface area contributed by atoms with Crippen molar-refractivity contribution < 1.29 is 19.1 Å². The molecule has 0 bridgehead atoms. The second-order valence-electron chi connectivity index (χ2n) is 5.14. The normalized spacial score (nSPS) is 17.0. The van der Waals surface area contributed by atoms with E-state index in [1.807, 2.05) is 30.3 Å². The van der Waals surface area contributed by atoms with E-state index in [9.17, 15) is 9.59 Å². The average molecular weight is 311 g/mol. The van der Waals surface area contributed by atoms with E-state index < -0.39 is 0 Å². The molecule has 0 radical (unpaired) electrons. The molecule has 0 aliphatic carbocycles. The van der Waals surface area contributed by atoms with Gasteiger partial charge in [0.2, 0.25) is 0 Å². The number of nitrogens with zero attached hydrogens (tertiary/aromatic N) is 1. The highest BCUT2D eigenvalue weighted by Gasteiger charge is 2.35. The molecular weight excluding hydrogens is 294 g/mol. The fourth-order valence-corrected chi connectivity index (χ4v) is 2.60. The topological polar surface area (TPSA) is 55.8 Å². The van der Waals surface area contributed by atoms with E-state index in [-0.39, 0.29) is 18.1 Å². The van der Waals surface area contributed by atoms with Crippen LogP contribution in [0.2, 0.25) is 0 Å². The van der Waals surface area contributed by atoms with Gasteiger partial charge in [-0.15, -0.1) is 0 Å². The Morgan fingerprint density at radius 3 is 2.52 bits per heavy atom. The van der Waals surface area contributed by atoms with Crippen molar-refractivity contribution in [2.45, 2.75) is 13.0 Å². The first-order chi connectivity index (χ1) is 11.2. The number of amides is 1. The number of carbonyl (C=O) groups is 2. The van der Waals surface area contributed by atoms with E-state index in [4.69, 9.17) is 9.47 Å². The molecule has 0 saturated carbocycles. The third-order valence-corrected chi connectivity index (χ3v) is 3.71. The summed E-state index contributed by atoms with van der Waals surface area (Å²) < 4.78 is 10.2. The minimum absolute atomic E-state index is 0.169. The largest absolute Gasteiger partial charge is 0.462 e. The van der Waals surface area contributed by atoms with E-state index in [1.54, 1.807) is 36.1 Å². The van der Waals surface area contributed by atoms with Crippen LogP contribution in [-0.4, -0.2) is 25.3 Å². The average Bonchev–Trinajstić information content (AvgIpc) is 2.97. The summed E-state index contributed by atoms with van der Waals surface area (Å²) in [5.41, 5.74) is 2.15. The van der Waals surface area contributed by atoms with Crippen LogP contribution >= 0.6 is 0 Å². The molecule has 23 heavy (non-hydrogen) atoms. The van der Waals surface area contributed by atoms with E-state index in [1.165, 1.54) is 0 Å². The first kappa shape index (κ1) is 15.1. The van der Waals surface area contributed by atoms with Gasteiger partial charge in [-0.2, -0.15) is 0 Å². The molecule has 3 rings (SSSR count). The van der Waals surface area contributed by atoms with Crippen molar-refractivity contribution in [3.8, 4) is 0 Å². The quantitative estimate of drug-likeness (QED) is 0.810. The van der Waals surface area contributed by atoms with Crippen LogP contribution in [-0.2, 0) is 9.47 Å². The zero-order chi connectivity index (χ0) is 16.2. The third kappa shape index (κ3) is 3.04. The number of ether oxygens (including phenoxy) is 2. The highest BCUT2D eigenvalue weighted by Crippen LogP contribution is 2.33. The number of carbonyl (C=O) groups excluding carboxylic acids is 2. The Bertz CT molecular complexity index is 697. The number of anilines is 1. The summed E-state index contributed by atoms with van der Waals surface area (Å²) >= 11 is 0. The Morgan fingerprint density at radius 2 is 1.87 bits per heavy atom. The molecule has 0 unspecified atom stereocenters. The van der Waals surface area contributed by atoms with Gasteiger partial charge in [0.25, 0.3) is 0 Å². The predicted octanol–water partition coefficient (Wildman–Crippen LogP) is 3.56. The van der Waals surface area contributed by atoms with Crippen molar-refractivity contribution in [2.75, 3.05) is 18.1 Å². The molecule has 118 valence electrons. The van der Waals surface area contributed by atoms with E-state index in [0.717, 1.165) is 5.56 Å². The summed E-state index contributed by atoms with van der Waals surface area (Å²) in [4.78, 5) is 25.4. The second-order valence-corrected chi connectivity index (χ2v) is 5.14. The Kier molecular flexibility index (Phi) is 4.28. The second kappa shape index (κ2) is 6.52. The lowest BCUT2D eigenvalue weighted by Crippen LogP contribution is -2.27. The maximum atomic E-state index is 12.1. The Labute approximate surface area is 134 Å². The van der Waals surface area contributed by atoms with E-state index >= 15 is 0 Å². The summed E-state index contributed by atoms with van der Waals surface area (Å²) in [6.45, 7) is 2.40. The summed E-state index contributed by atoms with van der Waals surface area (Å²) in [5.74, 6) is -0.373. The highest BCUT2D eigenvalue weighted by atomic mass is 16.6. The minimum Gasteiger partial charge on any atom is -0.462 e. The van der Waals surface area contributed by atoms with Crippen molar-refractivity contribution in [1.29, 1.82) is 0 Å². The summed E-state index contributed by atoms with van der Waals surface area (Å²) in [6, 6.07) is 16.3. The zero-order valence-electron chi connectivity index (χ0n) is 12.8. The number of hydrogen-bond donors (Lipinski definition) is 0. The monoisotopic (exact) mass is 311 g/mol. The van der Waals surface area contributed by atoms with Gasteiger partial charge >= 0.3 is 12.1 Å². The maximum absolute atomic E-state index is 12.1. The van der Waals surface area contributed by atoms with Gasteiger partial charge in [0, 0.05) is 5.69 Å². The van der Waals surface area contributed by atoms with E-state index in [0.29, 0.717) is 24.5 Å². The first-order valence-electron chi connectivity index (χ1n) is 7.49. The highest BCUT2D eigenvalue weighted by molar-refractivity contribution is 5.93. The van der Waals surface area contributed by atoms with Crippen LogP contribution in [0.25, 0.3) is 0 Å².